The minimum atomic E-state index is -0.234. The molecule has 1 unspecified atom stereocenters. The van der Waals surface area contributed by atoms with Crippen LogP contribution in [0.4, 0.5) is 0 Å². The van der Waals surface area contributed by atoms with Crippen LogP contribution in [0, 0.1) is 0 Å². The van der Waals surface area contributed by atoms with Gasteiger partial charge in [0.2, 0.25) is 0 Å². The number of nitrogens with zero attached hydrogens (tertiary/aromatic N) is 2. The van der Waals surface area contributed by atoms with Crippen molar-refractivity contribution in [3.63, 3.8) is 0 Å². The van der Waals surface area contributed by atoms with Gasteiger partial charge in [0.25, 0.3) is 0 Å². The molecule has 0 saturated heterocycles. The van der Waals surface area contributed by atoms with E-state index >= 15 is 0 Å². The molecule has 0 radical (unpaired) electrons. The largest absolute Gasteiger partial charge is 0.318 e. The first-order valence-electron chi connectivity index (χ1n) is 5.58. The molecule has 0 aliphatic rings. The Labute approximate surface area is 114 Å². The van der Waals surface area contributed by atoms with Crippen molar-refractivity contribution in [2.24, 2.45) is 12.8 Å². The number of hydrogen-bond donors (Lipinski definition) is 1. The molecule has 0 fully saturated rings. The fourth-order valence-corrected chi connectivity index (χ4v) is 3.41. The highest BCUT2D eigenvalue weighted by Crippen LogP contribution is 2.33. The lowest BCUT2D eigenvalue weighted by Crippen LogP contribution is -2.15. The number of aromatic nitrogens is 2. The Balaban J connectivity index is 2.09. The zero-order valence-corrected chi connectivity index (χ0v) is 11.4. The van der Waals surface area contributed by atoms with Gasteiger partial charge in [-0.2, -0.15) is 5.10 Å². The third-order valence-electron chi connectivity index (χ3n) is 2.98. The van der Waals surface area contributed by atoms with Gasteiger partial charge in [-0.25, -0.2) is 0 Å². The van der Waals surface area contributed by atoms with Gasteiger partial charge in [0.15, 0.2) is 0 Å². The molecule has 5 heteroatoms. The van der Waals surface area contributed by atoms with Crippen molar-refractivity contribution in [2.45, 2.75) is 6.04 Å². The molecule has 3 aromatic rings. The summed E-state index contributed by atoms with van der Waals surface area (Å²) in [5.74, 6) is 0. The molecule has 2 heterocycles. The van der Waals surface area contributed by atoms with Crippen molar-refractivity contribution in [1.29, 1.82) is 0 Å². The molecule has 2 N–H and O–H groups in total. The zero-order valence-electron chi connectivity index (χ0n) is 9.80. The molecule has 2 aromatic heterocycles. The Morgan fingerprint density at radius 2 is 2.17 bits per heavy atom. The van der Waals surface area contributed by atoms with Crippen LogP contribution < -0.4 is 5.73 Å². The topological polar surface area (TPSA) is 43.8 Å². The van der Waals surface area contributed by atoms with Crippen molar-refractivity contribution in [1.82, 2.24) is 9.78 Å². The zero-order chi connectivity index (χ0) is 12.7. The van der Waals surface area contributed by atoms with Gasteiger partial charge in [-0.1, -0.05) is 29.8 Å². The SMILES string of the molecule is Cn1ncc(Cl)c1C(N)c1cc2ccccc2s1. The fraction of sp³-hybridized carbons (Fsp3) is 0.154. The van der Waals surface area contributed by atoms with E-state index < -0.39 is 0 Å². The predicted molar refractivity (Wildman–Crippen MR) is 76.1 cm³/mol. The van der Waals surface area contributed by atoms with E-state index in [1.807, 2.05) is 19.2 Å². The molecule has 92 valence electrons. The molecule has 0 aliphatic carbocycles. The van der Waals surface area contributed by atoms with Crippen LogP contribution in [0.1, 0.15) is 16.6 Å². The van der Waals surface area contributed by atoms with Crippen LogP contribution >= 0.6 is 22.9 Å². The van der Waals surface area contributed by atoms with Crippen LogP contribution in [0.15, 0.2) is 36.5 Å². The third kappa shape index (κ3) is 1.82. The van der Waals surface area contributed by atoms with Crippen LogP contribution in [0.25, 0.3) is 10.1 Å². The minimum absolute atomic E-state index is 0.234. The number of fused-ring (bicyclic) bond motifs is 1. The Morgan fingerprint density at radius 1 is 1.39 bits per heavy atom. The molecule has 0 amide bonds. The maximum Gasteiger partial charge on any atom is 0.0837 e. The molecule has 0 aliphatic heterocycles. The van der Waals surface area contributed by atoms with Gasteiger partial charge in [-0.3, -0.25) is 4.68 Å². The summed E-state index contributed by atoms with van der Waals surface area (Å²) in [4.78, 5) is 1.10. The van der Waals surface area contributed by atoms with E-state index in [-0.39, 0.29) is 6.04 Å². The van der Waals surface area contributed by atoms with Gasteiger partial charge in [-0.15, -0.1) is 11.3 Å². The van der Waals surface area contributed by atoms with Crippen molar-refractivity contribution in [3.05, 3.63) is 52.1 Å². The van der Waals surface area contributed by atoms with Crippen molar-refractivity contribution in [2.75, 3.05) is 0 Å². The maximum absolute atomic E-state index is 6.29. The Kier molecular flexibility index (Phi) is 2.86. The summed E-state index contributed by atoms with van der Waals surface area (Å²) in [6, 6.07) is 10.1. The molecular formula is C13H12ClN3S. The first kappa shape index (κ1) is 11.7. The summed E-state index contributed by atoms with van der Waals surface area (Å²) in [6.07, 6.45) is 1.63. The average Bonchev–Trinajstić information content (AvgIpc) is 2.92. The van der Waals surface area contributed by atoms with Gasteiger partial charge in [0, 0.05) is 16.6 Å². The smallest absolute Gasteiger partial charge is 0.0837 e. The second kappa shape index (κ2) is 4.39. The van der Waals surface area contributed by atoms with E-state index in [4.69, 9.17) is 17.3 Å². The lowest BCUT2D eigenvalue weighted by molar-refractivity contribution is 0.678. The monoisotopic (exact) mass is 277 g/mol. The summed E-state index contributed by atoms with van der Waals surface area (Å²) in [6.45, 7) is 0. The highest BCUT2D eigenvalue weighted by molar-refractivity contribution is 7.19. The fourth-order valence-electron chi connectivity index (χ4n) is 2.06. The van der Waals surface area contributed by atoms with Gasteiger partial charge in [-0.05, 0) is 17.5 Å². The van der Waals surface area contributed by atoms with Crippen molar-refractivity contribution < 1.29 is 0 Å². The van der Waals surface area contributed by atoms with E-state index in [9.17, 15) is 0 Å². The quantitative estimate of drug-likeness (QED) is 0.781. The Hall–Kier alpha value is -1.36. The number of rotatable bonds is 2. The van der Waals surface area contributed by atoms with Crippen LogP contribution in [0.5, 0.6) is 0 Å². The Bertz CT molecular complexity index is 649. The molecule has 0 spiro atoms. The second-order valence-corrected chi connectivity index (χ2v) is 5.69. The van der Waals surface area contributed by atoms with E-state index in [1.165, 1.54) is 10.1 Å². The first-order chi connectivity index (χ1) is 8.66. The highest BCUT2D eigenvalue weighted by atomic mass is 35.5. The van der Waals surface area contributed by atoms with E-state index in [2.05, 4.69) is 23.3 Å². The molecule has 1 aromatic carbocycles. The molecular weight excluding hydrogens is 266 g/mol. The Morgan fingerprint density at radius 3 is 2.83 bits per heavy atom. The van der Waals surface area contributed by atoms with Crippen LogP contribution in [-0.4, -0.2) is 9.78 Å². The summed E-state index contributed by atoms with van der Waals surface area (Å²) in [5.41, 5.74) is 7.14. The summed E-state index contributed by atoms with van der Waals surface area (Å²) >= 11 is 7.83. The summed E-state index contributed by atoms with van der Waals surface area (Å²) < 4.78 is 2.97. The molecule has 0 bridgehead atoms. The summed E-state index contributed by atoms with van der Waals surface area (Å²) in [5, 5.41) is 5.95. The number of aryl methyl sites for hydroxylation is 1. The molecule has 3 rings (SSSR count). The average molecular weight is 278 g/mol. The maximum atomic E-state index is 6.29. The van der Waals surface area contributed by atoms with Gasteiger partial charge in [0.05, 0.1) is 23.0 Å². The van der Waals surface area contributed by atoms with E-state index in [0.29, 0.717) is 5.02 Å². The predicted octanol–water partition coefficient (Wildman–Crippen LogP) is 3.34. The van der Waals surface area contributed by atoms with Gasteiger partial charge >= 0.3 is 0 Å². The highest BCUT2D eigenvalue weighted by Gasteiger charge is 2.18. The lowest BCUT2D eigenvalue weighted by atomic mass is 10.1. The first-order valence-corrected chi connectivity index (χ1v) is 6.77. The molecule has 0 saturated carbocycles. The van der Waals surface area contributed by atoms with Gasteiger partial charge < -0.3 is 5.73 Å². The minimum Gasteiger partial charge on any atom is -0.318 e. The van der Waals surface area contributed by atoms with Gasteiger partial charge in [0.1, 0.15) is 0 Å². The number of benzene rings is 1. The molecule has 3 nitrogen and oxygen atoms in total. The second-order valence-electron chi connectivity index (χ2n) is 4.17. The van der Waals surface area contributed by atoms with E-state index in [1.54, 1.807) is 22.2 Å². The lowest BCUT2D eigenvalue weighted by Gasteiger charge is -2.10. The van der Waals surface area contributed by atoms with Crippen molar-refractivity contribution >= 4 is 33.0 Å². The number of nitrogens with two attached hydrogens (primary N) is 1. The molecule has 1 atom stereocenters. The third-order valence-corrected chi connectivity index (χ3v) is 4.47. The van der Waals surface area contributed by atoms with Crippen molar-refractivity contribution in [3.8, 4) is 0 Å². The number of thiophene rings is 1. The normalized spacial score (nSPS) is 13.1. The van der Waals surface area contributed by atoms with E-state index in [0.717, 1.165) is 10.6 Å². The van der Waals surface area contributed by atoms with Crippen LogP contribution in [0.2, 0.25) is 5.02 Å². The number of hydrogen-bond acceptors (Lipinski definition) is 3. The molecule has 18 heavy (non-hydrogen) atoms. The van der Waals surface area contributed by atoms with Crippen LogP contribution in [0.3, 0.4) is 0 Å². The number of halogens is 1. The standard InChI is InChI=1S/C13H12ClN3S/c1-17-13(9(14)7-16-17)12(15)11-6-8-4-2-3-5-10(8)18-11/h2-7,12H,15H2,1H3. The summed E-state index contributed by atoms with van der Waals surface area (Å²) in [7, 11) is 1.86. The van der Waals surface area contributed by atoms with Crippen LogP contribution in [-0.2, 0) is 7.05 Å².